The maximum absolute atomic E-state index is 13.7. The summed E-state index contributed by atoms with van der Waals surface area (Å²) in [7, 11) is 0. The van der Waals surface area contributed by atoms with Gasteiger partial charge in [0, 0.05) is 30.3 Å². The molecule has 4 unspecified atom stereocenters. The van der Waals surface area contributed by atoms with Gasteiger partial charge in [0.1, 0.15) is 11.6 Å². The summed E-state index contributed by atoms with van der Waals surface area (Å²) in [6.45, 7) is 7.90. The van der Waals surface area contributed by atoms with Crippen LogP contribution in [0.1, 0.15) is 141 Å². The largest absolute Gasteiger partial charge is 0.481 e. The van der Waals surface area contributed by atoms with E-state index < -0.39 is 11.4 Å². The number of rotatable bonds is 14. The SMILES string of the molecule is CC(C)(CO)CCCCC1CCCC(c2ccccc2C2CCCC(CCCCC(C)(C)C(=O)O)C2=O)C1=O. The topological polar surface area (TPSA) is 91.7 Å². The lowest BCUT2D eigenvalue weighted by atomic mass is 9.69. The highest BCUT2D eigenvalue weighted by Crippen LogP contribution is 2.43. The first-order valence-electron chi connectivity index (χ1n) is 15.5. The van der Waals surface area contributed by atoms with Crippen molar-refractivity contribution in [2.24, 2.45) is 22.7 Å². The van der Waals surface area contributed by atoms with Gasteiger partial charge in [-0.15, -0.1) is 0 Å². The number of unbranched alkanes of at least 4 members (excludes halogenated alkanes) is 2. The highest BCUT2D eigenvalue weighted by Gasteiger charge is 2.37. The Morgan fingerprint density at radius 1 is 0.769 bits per heavy atom. The van der Waals surface area contributed by atoms with Crippen LogP contribution in [0.5, 0.6) is 0 Å². The molecule has 2 aliphatic carbocycles. The highest BCUT2D eigenvalue weighted by molar-refractivity contribution is 5.92. The number of aliphatic hydroxyl groups is 1. The fraction of sp³-hybridized carbons (Fsp3) is 0.735. The summed E-state index contributed by atoms with van der Waals surface area (Å²) in [5.74, 6) is -0.210. The molecule has 5 heteroatoms. The van der Waals surface area contributed by atoms with Crippen LogP contribution in [0.25, 0.3) is 0 Å². The van der Waals surface area contributed by atoms with Crippen LogP contribution in [0, 0.1) is 22.7 Å². The average Bonchev–Trinajstić information content (AvgIpc) is 2.91. The van der Waals surface area contributed by atoms with Crippen LogP contribution in [0.2, 0.25) is 0 Å². The van der Waals surface area contributed by atoms with Gasteiger partial charge < -0.3 is 10.2 Å². The average molecular weight is 541 g/mol. The van der Waals surface area contributed by atoms with Crippen LogP contribution in [0.3, 0.4) is 0 Å². The Morgan fingerprint density at radius 3 is 1.67 bits per heavy atom. The van der Waals surface area contributed by atoms with E-state index in [2.05, 4.69) is 26.0 Å². The van der Waals surface area contributed by atoms with Crippen LogP contribution in [-0.2, 0) is 14.4 Å². The monoisotopic (exact) mass is 540 g/mol. The number of hydrogen-bond donors (Lipinski definition) is 2. The lowest BCUT2D eigenvalue weighted by Crippen LogP contribution is -2.31. The number of carboxylic acid groups (broad SMARTS) is 1. The summed E-state index contributed by atoms with van der Waals surface area (Å²) in [4.78, 5) is 38.8. The molecular formula is C34H52O5. The molecular weight excluding hydrogens is 488 g/mol. The molecule has 0 saturated heterocycles. The van der Waals surface area contributed by atoms with Gasteiger partial charge in [-0.2, -0.15) is 0 Å². The van der Waals surface area contributed by atoms with E-state index in [0.717, 1.165) is 94.6 Å². The van der Waals surface area contributed by atoms with Crippen molar-refractivity contribution in [2.75, 3.05) is 6.61 Å². The fourth-order valence-corrected chi connectivity index (χ4v) is 6.75. The molecule has 4 atom stereocenters. The minimum absolute atomic E-state index is 0.0303. The fourth-order valence-electron chi connectivity index (χ4n) is 6.75. The van der Waals surface area contributed by atoms with Gasteiger partial charge >= 0.3 is 5.97 Å². The predicted molar refractivity (Wildman–Crippen MR) is 156 cm³/mol. The first kappa shape index (κ1) is 31.5. The van der Waals surface area contributed by atoms with Gasteiger partial charge in [-0.1, -0.05) is 76.6 Å². The molecule has 3 rings (SSSR count). The van der Waals surface area contributed by atoms with E-state index in [0.29, 0.717) is 18.0 Å². The molecule has 218 valence electrons. The summed E-state index contributed by atoms with van der Waals surface area (Å²) < 4.78 is 0. The number of benzene rings is 1. The maximum Gasteiger partial charge on any atom is 0.309 e. The minimum Gasteiger partial charge on any atom is -0.481 e. The van der Waals surface area contributed by atoms with Crippen LogP contribution in [-0.4, -0.2) is 34.4 Å². The van der Waals surface area contributed by atoms with E-state index in [1.54, 1.807) is 13.8 Å². The van der Waals surface area contributed by atoms with Gasteiger partial charge in [-0.05, 0) is 81.8 Å². The molecule has 39 heavy (non-hydrogen) atoms. The summed E-state index contributed by atoms with van der Waals surface area (Å²) in [5.41, 5.74) is 1.37. The summed E-state index contributed by atoms with van der Waals surface area (Å²) in [6, 6.07) is 8.21. The minimum atomic E-state index is -0.766. The molecule has 5 nitrogen and oxygen atoms in total. The van der Waals surface area contributed by atoms with E-state index in [4.69, 9.17) is 0 Å². The van der Waals surface area contributed by atoms with Crippen molar-refractivity contribution >= 4 is 17.5 Å². The van der Waals surface area contributed by atoms with Gasteiger partial charge in [-0.25, -0.2) is 0 Å². The zero-order valence-electron chi connectivity index (χ0n) is 24.8. The number of Topliss-reactive ketones (excluding diaryl/α,β-unsaturated/α-hetero) is 2. The first-order valence-corrected chi connectivity index (χ1v) is 15.5. The third kappa shape index (κ3) is 8.49. The normalized spacial score (nSPS) is 24.6. The molecule has 0 spiro atoms. The van der Waals surface area contributed by atoms with Crippen LogP contribution in [0.4, 0.5) is 0 Å². The van der Waals surface area contributed by atoms with E-state index >= 15 is 0 Å². The molecule has 1 aromatic rings. The van der Waals surface area contributed by atoms with Gasteiger partial charge in [0.25, 0.3) is 0 Å². The third-order valence-electron chi connectivity index (χ3n) is 9.60. The second-order valence-corrected chi connectivity index (χ2v) is 13.8. The summed E-state index contributed by atoms with van der Waals surface area (Å²) >= 11 is 0. The van der Waals surface area contributed by atoms with Crippen LogP contribution >= 0.6 is 0 Å². The number of carbonyl (C=O) groups excluding carboxylic acids is 2. The van der Waals surface area contributed by atoms with Gasteiger partial charge in [-0.3, -0.25) is 14.4 Å². The molecule has 0 amide bonds. The standard InChI is InChI=1S/C34H52O5/c1-33(2,23-35)21-9-7-13-24-15-11-19-28(30(24)36)26-17-5-6-18-27(26)29-20-12-16-25(31(29)37)14-8-10-22-34(3,4)32(38)39/h5-6,17-18,24-25,28-29,35H,7-16,19-23H2,1-4H3,(H,38,39). The third-order valence-corrected chi connectivity index (χ3v) is 9.60. The van der Waals surface area contributed by atoms with Crippen molar-refractivity contribution < 1.29 is 24.6 Å². The predicted octanol–water partition coefficient (Wildman–Crippen LogP) is 7.84. The number of ketones is 2. The van der Waals surface area contributed by atoms with Crippen LogP contribution in [0.15, 0.2) is 24.3 Å². The van der Waals surface area contributed by atoms with Crippen molar-refractivity contribution in [1.82, 2.24) is 0 Å². The molecule has 2 aliphatic rings. The zero-order chi connectivity index (χ0) is 28.6. The van der Waals surface area contributed by atoms with Crippen molar-refractivity contribution in [1.29, 1.82) is 0 Å². The van der Waals surface area contributed by atoms with Crippen molar-refractivity contribution in [2.45, 2.75) is 129 Å². The zero-order valence-corrected chi connectivity index (χ0v) is 24.8. The maximum atomic E-state index is 13.7. The van der Waals surface area contributed by atoms with Gasteiger partial charge in [0.2, 0.25) is 0 Å². The molecule has 2 fully saturated rings. The molecule has 0 bridgehead atoms. The van der Waals surface area contributed by atoms with Crippen molar-refractivity contribution in [3.05, 3.63) is 35.4 Å². The lowest BCUT2D eigenvalue weighted by molar-refractivity contribution is -0.147. The highest BCUT2D eigenvalue weighted by atomic mass is 16.4. The Hall–Kier alpha value is -2.01. The van der Waals surface area contributed by atoms with Gasteiger partial charge in [0.15, 0.2) is 0 Å². The van der Waals surface area contributed by atoms with E-state index in [-0.39, 0.29) is 35.7 Å². The van der Waals surface area contributed by atoms with E-state index in [1.807, 2.05) is 12.1 Å². The Labute approximate surface area is 236 Å². The second-order valence-electron chi connectivity index (χ2n) is 13.8. The molecule has 0 aromatic heterocycles. The van der Waals surface area contributed by atoms with Crippen molar-refractivity contribution in [3.8, 4) is 0 Å². The first-order chi connectivity index (χ1) is 18.5. The molecule has 2 N–H and O–H groups in total. The number of hydrogen-bond acceptors (Lipinski definition) is 4. The Kier molecular flexibility index (Phi) is 11.4. The lowest BCUT2D eigenvalue weighted by Gasteiger charge is -2.33. The summed E-state index contributed by atoms with van der Waals surface area (Å²) in [6.07, 6.45) is 12.7. The number of carbonyl (C=O) groups is 3. The Morgan fingerprint density at radius 2 is 1.23 bits per heavy atom. The van der Waals surface area contributed by atoms with Crippen molar-refractivity contribution in [3.63, 3.8) is 0 Å². The number of carboxylic acids is 1. The molecule has 0 aliphatic heterocycles. The van der Waals surface area contributed by atoms with E-state index in [1.165, 1.54) is 0 Å². The number of aliphatic hydroxyl groups excluding tert-OH is 1. The molecule has 0 heterocycles. The summed E-state index contributed by atoms with van der Waals surface area (Å²) in [5, 5.41) is 18.9. The second kappa shape index (κ2) is 14.1. The Bertz CT molecular complexity index is 978. The number of aliphatic carboxylic acids is 1. The smallest absolute Gasteiger partial charge is 0.309 e. The molecule has 0 radical (unpaired) electrons. The van der Waals surface area contributed by atoms with Gasteiger partial charge in [0.05, 0.1) is 5.41 Å². The Balaban J connectivity index is 1.63. The van der Waals surface area contributed by atoms with Crippen LogP contribution < -0.4 is 0 Å². The quantitative estimate of drug-likeness (QED) is 0.235. The molecule has 2 saturated carbocycles. The molecule has 1 aromatic carbocycles. The van der Waals surface area contributed by atoms with E-state index in [9.17, 15) is 24.6 Å².